The maximum absolute atomic E-state index is 6.29. The zero-order chi connectivity index (χ0) is 12.4. The first-order valence-corrected chi connectivity index (χ1v) is 6.78. The van der Waals surface area contributed by atoms with Gasteiger partial charge >= 0.3 is 0 Å². The van der Waals surface area contributed by atoms with Gasteiger partial charge in [-0.1, -0.05) is 17.7 Å². The quantitative estimate of drug-likeness (QED) is 0.892. The van der Waals surface area contributed by atoms with Gasteiger partial charge < -0.3 is 10.6 Å². The van der Waals surface area contributed by atoms with E-state index in [2.05, 4.69) is 24.8 Å². The molecule has 0 saturated carbocycles. The second-order valence-corrected chi connectivity index (χ2v) is 5.43. The van der Waals surface area contributed by atoms with Crippen LogP contribution in [0.1, 0.15) is 32.3 Å². The summed E-state index contributed by atoms with van der Waals surface area (Å²) in [5.41, 5.74) is 8.24. The summed E-state index contributed by atoms with van der Waals surface area (Å²) in [6, 6.07) is 7.29. The lowest BCUT2D eigenvalue weighted by Gasteiger charge is -2.31. The molecule has 1 aliphatic heterocycles. The minimum atomic E-state index is 0.512. The van der Waals surface area contributed by atoms with Gasteiger partial charge in [0.25, 0.3) is 0 Å². The van der Waals surface area contributed by atoms with Crippen LogP contribution in [0.5, 0.6) is 0 Å². The van der Waals surface area contributed by atoms with E-state index in [0.29, 0.717) is 12.1 Å². The van der Waals surface area contributed by atoms with Crippen molar-refractivity contribution < 1.29 is 0 Å². The third-order valence-electron chi connectivity index (χ3n) is 3.50. The predicted molar refractivity (Wildman–Crippen MR) is 74.8 cm³/mol. The van der Waals surface area contributed by atoms with Crippen molar-refractivity contribution in [1.29, 1.82) is 0 Å². The summed E-state index contributed by atoms with van der Waals surface area (Å²) in [5, 5.41) is 0.906. The highest BCUT2D eigenvalue weighted by atomic mass is 35.5. The molecule has 1 aromatic carbocycles. The van der Waals surface area contributed by atoms with Crippen LogP contribution in [0.3, 0.4) is 0 Å². The molecule has 2 N–H and O–H groups in total. The fraction of sp³-hybridized carbons (Fsp3) is 0.571. The number of anilines is 1. The number of hydrogen-bond donors (Lipinski definition) is 1. The van der Waals surface area contributed by atoms with Gasteiger partial charge in [0.05, 0.1) is 0 Å². The number of halogens is 1. The molecule has 1 aromatic rings. The van der Waals surface area contributed by atoms with Gasteiger partial charge in [0, 0.05) is 22.8 Å². The van der Waals surface area contributed by atoms with Crippen LogP contribution in [0.2, 0.25) is 5.02 Å². The molecule has 94 valence electrons. The molecule has 0 aromatic heterocycles. The number of rotatable bonds is 4. The third-order valence-corrected chi connectivity index (χ3v) is 3.86. The molecule has 0 fully saturated rings. The minimum absolute atomic E-state index is 0.512. The van der Waals surface area contributed by atoms with Crippen molar-refractivity contribution in [2.45, 2.75) is 45.2 Å². The van der Waals surface area contributed by atoms with Crippen LogP contribution < -0.4 is 10.6 Å². The lowest BCUT2D eigenvalue weighted by Crippen LogP contribution is -2.38. The Morgan fingerprint density at radius 3 is 2.88 bits per heavy atom. The van der Waals surface area contributed by atoms with E-state index in [1.807, 2.05) is 12.1 Å². The van der Waals surface area contributed by atoms with Gasteiger partial charge in [-0.05, 0) is 57.4 Å². The zero-order valence-electron chi connectivity index (χ0n) is 10.6. The van der Waals surface area contributed by atoms with E-state index in [9.17, 15) is 0 Å². The summed E-state index contributed by atoms with van der Waals surface area (Å²) in [7, 11) is 0. The fourth-order valence-electron chi connectivity index (χ4n) is 2.82. The van der Waals surface area contributed by atoms with Gasteiger partial charge in [-0.15, -0.1) is 0 Å². The lowest BCUT2D eigenvalue weighted by atomic mass is 10.1. The van der Waals surface area contributed by atoms with E-state index >= 15 is 0 Å². The van der Waals surface area contributed by atoms with E-state index in [1.165, 1.54) is 11.3 Å². The largest absolute Gasteiger partial charge is 0.366 e. The molecule has 17 heavy (non-hydrogen) atoms. The molecule has 3 heteroatoms. The molecule has 1 unspecified atom stereocenters. The standard InChI is InChI=1S/C14H21ClN2/c1-10(2)17-11(5-4-8-16)9-12-13(15)6-3-7-14(12)17/h3,6-7,10-11H,4-5,8-9,16H2,1-2H3. The molecule has 0 amide bonds. The number of nitrogens with two attached hydrogens (primary N) is 1. The van der Waals surface area contributed by atoms with Crippen LogP contribution in [0.25, 0.3) is 0 Å². The summed E-state index contributed by atoms with van der Waals surface area (Å²) in [5.74, 6) is 0. The van der Waals surface area contributed by atoms with Crippen LogP contribution >= 0.6 is 11.6 Å². The molecule has 1 aliphatic rings. The number of nitrogens with zero attached hydrogens (tertiary/aromatic N) is 1. The predicted octanol–water partition coefficient (Wildman–Crippen LogP) is 3.22. The van der Waals surface area contributed by atoms with Crippen molar-refractivity contribution in [2.24, 2.45) is 5.73 Å². The molecular formula is C14H21ClN2. The average Bonchev–Trinajstić information content (AvgIpc) is 2.66. The van der Waals surface area contributed by atoms with Crippen LogP contribution in [0.4, 0.5) is 5.69 Å². The molecule has 2 nitrogen and oxygen atoms in total. The first-order chi connectivity index (χ1) is 8.15. The zero-order valence-corrected chi connectivity index (χ0v) is 11.4. The normalized spacial score (nSPS) is 18.9. The number of fused-ring (bicyclic) bond motifs is 1. The van der Waals surface area contributed by atoms with E-state index in [1.54, 1.807) is 0 Å². The molecule has 1 atom stereocenters. The summed E-state index contributed by atoms with van der Waals surface area (Å²) in [6.45, 7) is 5.25. The Morgan fingerprint density at radius 1 is 1.47 bits per heavy atom. The highest BCUT2D eigenvalue weighted by Gasteiger charge is 2.31. The van der Waals surface area contributed by atoms with Crippen molar-refractivity contribution >= 4 is 17.3 Å². The molecule has 2 rings (SSSR count). The van der Waals surface area contributed by atoms with Gasteiger partial charge in [0.15, 0.2) is 0 Å². The second-order valence-electron chi connectivity index (χ2n) is 5.03. The lowest BCUT2D eigenvalue weighted by molar-refractivity contribution is 0.522. The fourth-order valence-corrected chi connectivity index (χ4v) is 3.06. The van der Waals surface area contributed by atoms with Crippen LogP contribution in [-0.4, -0.2) is 18.6 Å². The van der Waals surface area contributed by atoms with E-state index in [4.69, 9.17) is 17.3 Å². The van der Waals surface area contributed by atoms with Crippen molar-refractivity contribution in [3.63, 3.8) is 0 Å². The second kappa shape index (κ2) is 5.28. The van der Waals surface area contributed by atoms with Crippen LogP contribution in [0, 0.1) is 0 Å². The number of hydrogen-bond acceptors (Lipinski definition) is 2. The average molecular weight is 253 g/mol. The Kier molecular flexibility index (Phi) is 3.95. The molecule has 0 bridgehead atoms. The summed E-state index contributed by atoms with van der Waals surface area (Å²) in [6.07, 6.45) is 3.30. The van der Waals surface area contributed by atoms with Gasteiger partial charge in [0.1, 0.15) is 0 Å². The van der Waals surface area contributed by atoms with Crippen molar-refractivity contribution in [1.82, 2.24) is 0 Å². The monoisotopic (exact) mass is 252 g/mol. The van der Waals surface area contributed by atoms with Crippen molar-refractivity contribution in [3.8, 4) is 0 Å². The Bertz CT molecular complexity index is 390. The maximum Gasteiger partial charge on any atom is 0.0459 e. The SMILES string of the molecule is CC(C)N1c2cccc(Cl)c2CC1CCCN. The smallest absolute Gasteiger partial charge is 0.0459 e. The van der Waals surface area contributed by atoms with E-state index < -0.39 is 0 Å². The molecular weight excluding hydrogens is 232 g/mol. The first kappa shape index (κ1) is 12.7. The van der Waals surface area contributed by atoms with E-state index in [-0.39, 0.29) is 0 Å². The molecule has 0 aliphatic carbocycles. The highest BCUT2D eigenvalue weighted by molar-refractivity contribution is 6.31. The molecule has 0 saturated heterocycles. The van der Waals surface area contributed by atoms with Gasteiger partial charge in [0.2, 0.25) is 0 Å². The Morgan fingerprint density at radius 2 is 2.24 bits per heavy atom. The minimum Gasteiger partial charge on any atom is -0.366 e. The van der Waals surface area contributed by atoms with Gasteiger partial charge in [-0.3, -0.25) is 0 Å². The molecule has 0 radical (unpaired) electrons. The van der Waals surface area contributed by atoms with Crippen molar-refractivity contribution in [2.75, 3.05) is 11.4 Å². The Balaban J connectivity index is 2.28. The summed E-state index contributed by atoms with van der Waals surface area (Å²) < 4.78 is 0. The Hall–Kier alpha value is -0.730. The van der Waals surface area contributed by atoms with Crippen molar-refractivity contribution in [3.05, 3.63) is 28.8 Å². The summed E-state index contributed by atoms with van der Waals surface area (Å²) >= 11 is 6.29. The van der Waals surface area contributed by atoms with Crippen LogP contribution in [-0.2, 0) is 6.42 Å². The third kappa shape index (κ3) is 2.43. The van der Waals surface area contributed by atoms with Gasteiger partial charge in [-0.25, -0.2) is 0 Å². The number of benzene rings is 1. The molecule has 0 spiro atoms. The molecule has 1 heterocycles. The first-order valence-electron chi connectivity index (χ1n) is 6.41. The van der Waals surface area contributed by atoms with E-state index in [0.717, 1.165) is 30.8 Å². The topological polar surface area (TPSA) is 29.3 Å². The highest BCUT2D eigenvalue weighted by Crippen LogP contribution is 2.39. The van der Waals surface area contributed by atoms with Crippen LogP contribution in [0.15, 0.2) is 18.2 Å². The maximum atomic E-state index is 6.29. The summed E-state index contributed by atoms with van der Waals surface area (Å²) in [4.78, 5) is 2.50. The Labute approximate surface area is 109 Å². The van der Waals surface area contributed by atoms with Gasteiger partial charge in [-0.2, -0.15) is 0 Å².